The molecule has 0 aliphatic carbocycles. The lowest BCUT2D eigenvalue weighted by atomic mass is 10.1. The summed E-state index contributed by atoms with van der Waals surface area (Å²) in [6.07, 6.45) is 1.65. The van der Waals surface area contributed by atoms with Crippen molar-refractivity contribution in [2.24, 2.45) is 5.92 Å². The van der Waals surface area contributed by atoms with Crippen molar-refractivity contribution in [3.8, 4) is 5.75 Å². The highest BCUT2D eigenvalue weighted by Gasteiger charge is 2.36. The number of nitrogens with one attached hydrogen (secondary N) is 1. The van der Waals surface area contributed by atoms with Gasteiger partial charge in [0.25, 0.3) is 11.1 Å². The van der Waals surface area contributed by atoms with Crippen molar-refractivity contribution < 1.29 is 19.1 Å². The van der Waals surface area contributed by atoms with Crippen molar-refractivity contribution in [2.75, 3.05) is 18.5 Å². The average Bonchev–Trinajstić information content (AvgIpc) is 2.98. The Hall–Kier alpha value is -3.06. The summed E-state index contributed by atoms with van der Waals surface area (Å²) in [4.78, 5) is 38.7. The van der Waals surface area contributed by atoms with Crippen LogP contribution in [0.4, 0.5) is 10.5 Å². The van der Waals surface area contributed by atoms with Gasteiger partial charge in [0, 0.05) is 5.69 Å². The number of aryl methyl sites for hydroxylation is 1. The molecule has 1 fully saturated rings. The topological polar surface area (TPSA) is 75.7 Å². The first-order chi connectivity index (χ1) is 14.7. The maximum Gasteiger partial charge on any atom is 0.294 e. The Balaban J connectivity index is 1.65. The van der Waals surface area contributed by atoms with Gasteiger partial charge in [0.1, 0.15) is 12.3 Å². The number of imide groups is 1. The number of hydrogen-bond donors (Lipinski definition) is 1. The quantitative estimate of drug-likeness (QED) is 0.615. The second-order valence-electron chi connectivity index (χ2n) is 7.84. The summed E-state index contributed by atoms with van der Waals surface area (Å²) in [5.74, 6) is 0.301. The van der Waals surface area contributed by atoms with Crippen LogP contribution < -0.4 is 10.1 Å². The van der Waals surface area contributed by atoms with Gasteiger partial charge >= 0.3 is 0 Å². The van der Waals surface area contributed by atoms with E-state index in [2.05, 4.69) is 19.2 Å². The van der Waals surface area contributed by atoms with Crippen LogP contribution in [0.5, 0.6) is 5.75 Å². The summed E-state index contributed by atoms with van der Waals surface area (Å²) in [5.41, 5.74) is 3.45. The molecule has 0 aromatic heterocycles. The van der Waals surface area contributed by atoms with Crippen molar-refractivity contribution >= 4 is 40.6 Å². The van der Waals surface area contributed by atoms with E-state index < -0.39 is 17.1 Å². The molecule has 0 spiro atoms. The zero-order valence-electron chi connectivity index (χ0n) is 18.1. The molecule has 0 saturated carbocycles. The number of rotatable bonds is 7. The van der Waals surface area contributed by atoms with Gasteiger partial charge < -0.3 is 10.1 Å². The number of benzene rings is 2. The minimum absolute atomic E-state index is 0.292. The fraction of sp³-hybridized carbons (Fsp3) is 0.292. The number of carbonyl (C=O) groups is 3. The number of anilines is 1. The highest BCUT2D eigenvalue weighted by molar-refractivity contribution is 8.18. The smallest absolute Gasteiger partial charge is 0.294 e. The van der Waals surface area contributed by atoms with Gasteiger partial charge in [0.2, 0.25) is 5.91 Å². The van der Waals surface area contributed by atoms with E-state index in [1.54, 1.807) is 12.1 Å². The van der Waals surface area contributed by atoms with Crippen LogP contribution in [-0.4, -0.2) is 35.1 Å². The Morgan fingerprint density at radius 1 is 1.13 bits per heavy atom. The van der Waals surface area contributed by atoms with Crippen LogP contribution in [-0.2, 0) is 9.59 Å². The maximum absolute atomic E-state index is 12.7. The lowest BCUT2D eigenvalue weighted by Crippen LogP contribution is -2.36. The van der Waals surface area contributed by atoms with Crippen LogP contribution >= 0.6 is 11.8 Å². The number of carbonyl (C=O) groups excluding carboxylic acids is 3. The van der Waals surface area contributed by atoms with Gasteiger partial charge in [-0.3, -0.25) is 19.3 Å². The third-order valence-corrected chi connectivity index (χ3v) is 5.72. The normalized spacial score (nSPS) is 15.1. The Labute approximate surface area is 186 Å². The first-order valence-corrected chi connectivity index (χ1v) is 10.9. The van der Waals surface area contributed by atoms with E-state index >= 15 is 0 Å². The van der Waals surface area contributed by atoms with Crippen molar-refractivity contribution in [1.29, 1.82) is 0 Å². The fourth-order valence-electron chi connectivity index (χ4n) is 2.93. The van der Waals surface area contributed by atoms with Crippen LogP contribution in [0.15, 0.2) is 47.4 Å². The number of ether oxygens (including phenoxy) is 1. The second kappa shape index (κ2) is 9.83. The molecule has 1 aliphatic heterocycles. The summed E-state index contributed by atoms with van der Waals surface area (Å²) in [5, 5.41) is 2.33. The van der Waals surface area contributed by atoms with Crippen LogP contribution in [0.1, 0.15) is 30.5 Å². The molecular weight excluding hydrogens is 412 g/mol. The zero-order valence-corrected chi connectivity index (χ0v) is 18.9. The van der Waals surface area contributed by atoms with Crippen molar-refractivity contribution in [1.82, 2.24) is 4.90 Å². The molecule has 6 nitrogen and oxygen atoms in total. The molecule has 0 bridgehead atoms. The highest BCUT2D eigenvalue weighted by Crippen LogP contribution is 2.32. The van der Waals surface area contributed by atoms with Gasteiger partial charge in [-0.1, -0.05) is 38.1 Å². The van der Waals surface area contributed by atoms with Crippen LogP contribution in [0, 0.1) is 19.8 Å². The SMILES string of the molecule is Cc1cccc(NC(=O)CN2C(=O)S/C(=C\c3ccc(OCC(C)C)cc3)C2=O)c1C. The minimum atomic E-state index is -0.466. The van der Waals surface area contributed by atoms with E-state index in [-0.39, 0.29) is 6.54 Å². The molecule has 0 unspecified atom stereocenters. The molecule has 162 valence electrons. The van der Waals surface area contributed by atoms with Gasteiger partial charge in [-0.15, -0.1) is 0 Å². The number of amides is 3. The van der Waals surface area contributed by atoms with E-state index in [1.807, 2.05) is 50.2 Å². The van der Waals surface area contributed by atoms with E-state index in [0.717, 1.165) is 39.1 Å². The van der Waals surface area contributed by atoms with Crippen molar-refractivity contribution in [2.45, 2.75) is 27.7 Å². The Bertz CT molecular complexity index is 1030. The molecule has 1 saturated heterocycles. The van der Waals surface area contributed by atoms with Gasteiger partial charge in [-0.05, 0) is 72.5 Å². The van der Waals surface area contributed by atoms with Crippen molar-refractivity contribution in [3.05, 3.63) is 64.1 Å². The third-order valence-electron chi connectivity index (χ3n) is 4.82. The van der Waals surface area contributed by atoms with E-state index in [9.17, 15) is 14.4 Å². The molecule has 3 rings (SSSR count). The first-order valence-electron chi connectivity index (χ1n) is 10.1. The van der Waals surface area contributed by atoms with Crippen LogP contribution in [0.25, 0.3) is 6.08 Å². The fourth-order valence-corrected chi connectivity index (χ4v) is 3.77. The number of hydrogen-bond acceptors (Lipinski definition) is 5. The van der Waals surface area contributed by atoms with Gasteiger partial charge in [-0.25, -0.2) is 0 Å². The molecule has 31 heavy (non-hydrogen) atoms. The van der Waals surface area contributed by atoms with Gasteiger partial charge in [-0.2, -0.15) is 0 Å². The molecule has 2 aromatic carbocycles. The molecule has 2 aromatic rings. The Morgan fingerprint density at radius 3 is 2.52 bits per heavy atom. The minimum Gasteiger partial charge on any atom is -0.493 e. The van der Waals surface area contributed by atoms with E-state index in [4.69, 9.17) is 4.74 Å². The van der Waals surface area contributed by atoms with Gasteiger partial charge in [0.05, 0.1) is 11.5 Å². The van der Waals surface area contributed by atoms with E-state index in [0.29, 0.717) is 23.1 Å². The molecule has 0 radical (unpaired) electrons. The summed E-state index contributed by atoms with van der Waals surface area (Å²) in [7, 11) is 0. The molecule has 0 atom stereocenters. The van der Waals surface area contributed by atoms with E-state index in [1.165, 1.54) is 0 Å². The van der Waals surface area contributed by atoms with Crippen LogP contribution in [0.3, 0.4) is 0 Å². The van der Waals surface area contributed by atoms with Crippen LogP contribution in [0.2, 0.25) is 0 Å². The summed E-state index contributed by atoms with van der Waals surface area (Å²) < 4.78 is 5.66. The molecule has 1 N–H and O–H groups in total. The summed E-state index contributed by atoms with van der Waals surface area (Å²) in [6, 6.07) is 12.9. The third kappa shape index (κ3) is 5.76. The largest absolute Gasteiger partial charge is 0.493 e. The number of thioether (sulfide) groups is 1. The summed E-state index contributed by atoms with van der Waals surface area (Å²) >= 11 is 0.836. The maximum atomic E-state index is 12.7. The monoisotopic (exact) mass is 438 g/mol. The van der Waals surface area contributed by atoms with Gasteiger partial charge in [0.15, 0.2) is 0 Å². The predicted molar refractivity (Wildman–Crippen MR) is 124 cm³/mol. The average molecular weight is 439 g/mol. The lowest BCUT2D eigenvalue weighted by molar-refractivity contribution is -0.127. The lowest BCUT2D eigenvalue weighted by Gasteiger charge is -2.14. The number of nitrogens with zero attached hydrogens (tertiary/aromatic N) is 1. The summed E-state index contributed by atoms with van der Waals surface area (Å²) in [6.45, 7) is 8.32. The predicted octanol–water partition coefficient (Wildman–Crippen LogP) is 5.01. The highest BCUT2D eigenvalue weighted by atomic mass is 32.2. The molecular formula is C24H26N2O4S. The Morgan fingerprint density at radius 2 is 1.84 bits per heavy atom. The zero-order chi connectivity index (χ0) is 22.5. The second-order valence-corrected chi connectivity index (χ2v) is 8.83. The standard InChI is InChI=1S/C24H26N2O4S/c1-15(2)14-30-19-10-8-18(9-11-19)12-21-23(28)26(24(29)31-21)13-22(27)25-20-7-5-6-16(3)17(20)4/h5-12,15H,13-14H2,1-4H3,(H,25,27)/b21-12-. The first kappa shape index (κ1) is 22.6. The molecule has 1 heterocycles. The molecule has 1 aliphatic rings. The van der Waals surface area contributed by atoms with Crippen molar-refractivity contribution in [3.63, 3.8) is 0 Å². The molecule has 7 heteroatoms. The Kier molecular flexibility index (Phi) is 7.17. The molecule has 3 amide bonds.